The molecule has 4 atom stereocenters. The molecular weight excluding hydrogens is 514 g/mol. The molecule has 3 aromatic heterocycles. The first-order valence-corrected chi connectivity index (χ1v) is 13.9. The summed E-state index contributed by atoms with van der Waals surface area (Å²) in [4.78, 5) is 9.75. The predicted octanol–water partition coefficient (Wildman–Crippen LogP) is 4.97. The number of halogens is 2. The van der Waals surface area contributed by atoms with Gasteiger partial charge in [-0.25, -0.2) is 13.8 Å². The van der Waals surface area contributed by atoms with Gasteiger partial charge >= 0.3 is 0 Å². The van der Waals surface area contributed by atoms with E-state index in [0.717, 1.165) is 53.9 Å². The van der Waals surface area contributed by atoms with E-state index in [1.807, 2.05) is 29.3 Å². The van der Waals surface area contributed by atoms with Crippen LogP contribution in [0.3, 0.4) is 0 Å². The van der Waals surface area contributed by atoms with Gasteiger partial charge in [0.05, 0.1) is 65.4 Å². The molecule has 202 valence electrons. The van der Waals surface area contributed by atoms with Gasteiger partial charge in [0.25, 0.3) is 0 Å². The highest BCUT2D eigenvalue weighted by atomic mass is 19.1. The highest BCUT2D eigenvalue weighted by Crippen LogP contribution is 2.82. The SMILES string of the molecule is CC12C3C[C@H]1c1cc(-c4c(F)cccc4F)nnc1[C@@]2(c1cncc(-c2cnn(C4CC5(C4)OCCO5)c2)n1)C3. The van der Waals surface area contributed by atoms with Gasteiger partial charge in [-0.15, -0.1) is 5.10 Å². The largest absolute Gasteiger partial charge is 0.347 e. The summed E-state index contributed by atoms with van der Waals surface area (Å²) in [6.07, 6.45) is 11.0. The van der Waals surface area contributed by atoms with Crippen molar-refractivity contribution in [3.63, 3.8) is 0 Å². The second kappa shape index (κ2) is 7.55. The van der Waals surface area contributed by atoms with Crippen molar-refractivity contribution >= 4 is 0 Å². The second-order valence-corrected chi connectivity index (χ2v) is 12.2. The molecule has 4 heterocycles. The Morgan fingerprint density at radius 2 is 1.77 bits per heavy atom. The van der Waals surface area contributed by atoms with E-state index in [1.165, 1.54) is 18.2 Å². The molecule has 4 fully saturated rings. The summed E-state index contributed by atoms with van der Waals surface area (Å²) in [5, 5.41) is 13.6. The van der Waals surface area contributed by atoms with E-state index >= 15 is 0 Å². The van der Waals surface area contributed by atoms with Crippen molar-refractivity contribution in [2.45, 2.75) is 55.8 Å². The summed E-state index contributed by atoms with van der Waals surface area (Å²) in [6, 6.07) is 5.94. The first-order chi connectivity index (χ1) is 19.4. The lowest BCUT2D eigenvalue weighted by molar-refractivity contribution is -0.227. The van der Waals surface area contributed by atoms with Crippen LogP contribution >= 0.6 is 0 Å². The normalized spacial score (nSPS) is 30.9. The number of aromatic nitrogens is 6. The number of rotatable bonds is 4. The van der Waals surface area contributed by atoms with Gasteiger partial charge in [0.15, 0.2) is 5.79 Å². The number of fused-ring (bicyclic) bond motifs is 3. The second-order valence-electron chi connectivity index (χ2n) is 12.2. The van der Waals surface area contributed by atoms with Crippen LogP contribution in [0.2, 0.25) is 0 Å². The van der Waals surface area contributed by atoms with Gasteiger partial charge in [0.1, 0.15) is 11.6 Å². The van der Waals surface area contributed by atoms with Gasteiger partial charge in [-0.1, -0.05) is 13.0 Å². The van der Waals surface area contributed by atoms with Crippen LogP contribution in [0.4, 0.5) is 8.78 Å². The van der Waals surface area contributed by atoms with Crippen LogP contribution in [-0.4, -0.2) is 48.9 Å². The quantitative estimate of drug-likeness (QED) is 0.361. The molecule has 10 heteroatoms. The number of benzene rings is 1. The smallest absolute Gasteiger partial charge is 0.172 e. The minimum Gasteiger partial charge on any atom is -0.347 e. The standard InChI is InChI=1S/C30H26F2N6O2/c1-28-17-7-20(28)19-8-23(26-21(31)3-2-4-22(26)32)36-37-27(19)30(28,9-17)25-14-33-13-24(35-25)16-12-34-38(15-16)18-10-29(11-18)39-5-6-40-29/h2-4,8,12-15,17-18,20H,5-7,9-11H2,1H3/t17?,20-,28?,30-/m0/s1. The molecule has 5 aliphatic rings. The zero-order valence-corrected chi connectivity index (χ0v) is 21.8. The zero-order chi connectivity index (χ0) is 26.9. The van der Waals surface area contributed by atoms with Crippen LogP contribution in [0.5, 0.6) is 0 Å². The van der Waals surface area contributed by atoms with Crippen molar-refractivity contribution in [3.8, 4) is 22.5 Å². The van der Waals surface area contributed by atoms with E-state index in [1.54, 1.807) is 6.20 Å². The lowest BCUT2D eigenvalue weighted by Crippen LogP contribution is -2.65. The van der Waals surface area contributed by atoms with Crippen molar-refractivity contribution < 1.29 is 18.3 Å². The molecule has 40 heavy (non-hydrogen) atoms. The number of nitrogens with zero attached hydrogens (tertiary/aromatic N) is 6. The molecule has 1 saturated heterocycles. The monoisotopic (exact) mass is 540 g/mol. The van der Waals surface area contributed by atoms with E-state index in [2.05, 4.69) is 27.2 Å². The molecule has 0 amide bonds. The Labute approximate surface area is 228 Å². The number of hydrogen-bond acceptors (Lipinski definition) is 7. The third kappa shape index (κ3) is 2.69. The molecule has 0 radical (unpaired) electrons. The Balaban J connectivity index is 1.08. The van der Waals surface area contributed by atoms with Crippen molar-refractivity contribution in [2.24, 2.45) is 11.3 Å². The Bertz CT molecular complexity index is 1690. The average Bonchev–Trinajstić information content (AvgIpc) is 3.62. The average molecular weight is 541 g/mol. The van der Waals surface area contributed by atoms with Gasteiger partial charge in [-0.2, -0.15) is 10.2 Å². The maximum atomic E-state index is 14.6. The van der Waals surface area contributed by atoms with E-state index in [-0.39, 0.29) is 28.6 Å². The fraction of sp³-hybridized carbons (Fsp3) is 0.433. The molecule has 0 N–H and O–H groups in total. The highest BCUT2D eigenvalue weighted by Gasteiger charge is 2.79. The molecule has 0 bridgehead atoms. The first-order valence-electron chi connectivity index (χ1n) is 13.9. The van der Waals surface area contributed by atoms with Crippen molar-refractivity contribution in [1.82, 2.24) is 29.9 Å². The Morgan fingerprint density at radius 3 is 2.55 bits per heavy atom. The highest BCUT2D eigenvalue weighted by molar-refractivity contribution is 5.66. The fourth-order valence-corrected chi connectivity index (χ4v) is 8.43. The molecule has 8 nitrogen and oxygen atoms in total. The maximum Gasteiger partial charge on any atom is 0.172 e. The molecule has 2 unspecified atom stereocenters. The summed E-state index contributed by atoms with van der Waals surface area (Å²) in [6.45, 7) is 3.60. The predicted molar refractivity (Wildman–Crippen MR) is 138 cm³/mol. The molecular formula is C30H26F2N6O2. The molecule has 1 spiro atoms. The van der Waals surface area contributed by atoms with Gasteiger partial charge in [0.2, 0.25) is 0 Å². The summed E-state index contributed by atoms with van der Waals surface area (Å²) >= 11 is 0. The van der Waals surface area contributed by atoms with E-state index < -0.39 is 22.8 Å². The van der Waals surface area contributed by atoms with Crippen LogP contribution in [0, 0.1) is 23.0 Å². The summed E-state index contributed by atoms with van der Waals surface area (Å²) < 4.78 is 42.7. The Morgan fingerprint density at radius 1 is 0.975 bits per heavy atom. The van der Waals surface area contributed by atoms with Crippen molar-refractivity contribution in [2.75, 3.05) is 13.2 Å². The van der Waals surface area contributed by atoms with Crippen LogP contribution in [0.1, 0.15) is 61.5 Å². The maximum absolute atomic E-state index is 14.6. The molecule has 1 aromatic carbocycles. The summed E-state index contributed by atoms with van der Waals surface area (Å²) in [5.41, 5.74) is 4.03. The molecule has 3 saturated carbocycles. The van der Waals surface area contributed by atoms with Gasteiger partial charge in [-0.05, 0) is 53.9 Å². The van der Waals surface area contributed by atoms with Crippen LogP contribution < -0.4 is 0 Å². The van der Waals surface area contributed by atoms with Gasteiger partial charge in [0, 0.05) is 30.8 Å². The Kier molecular flexibility index (Phi) is 4.36. The van der Waals surface area contributed by atoms with Gasteiger partial charge < -0.3 is 9.47 Å². The van der Waals surface area contributed by atoms with E-state index in [0.29, 0.717) is 19.1 Å². The first kappa shape index (κ1) is 23.1. The topological polar surface area (TPSA) is 87.8 Å². The van der Waals surface area contributed by atoms with Crippen molar-refractivity contribution in [1.29, 1.82) is 0 Å². The number of hydrogen-bond donors (Lipinski definition) is 0. The lowest BCUT2D eigenvalue weighted by atomic mass is 9.34. The third-order valence-corrected chi connectivity index (χ3v) is 10.6. The minimum atomic E-state index is -0.637. The summed E-state index contributed by atoms with van der Waals surface area (Å²) in [5.74, 6) is -0.923. The molecule has 4 aliphatic carbocycles. The van der Waals surface area contributed by atoms with Crippen LogP contribution in [-0.2, 0) is 14.9 Å². The molecule has 1 aliphatic heterocycles. The fourth-order valence-electron chi connectivity index (χ4n) is 8.43. The minimum absolute atomic E-state index is 0.0740. The Hall–Kier alpha value is -3.63. The lowest BCUT2D eigenvalue weighted by Gasteiger charge is -2.68. The number of ether oxygens (including phenoxy) is 2. The third-order valence-electron chi connectivity index (χ3n) is 10.6. The zero-order valence-electron chi connectivity index (χ0n) is 21.8. The molecule has 4 aromatic rings. The van der Waals surface area contributed by atoms with E-state index in [9.17, 15) is 8.78 Å². The van der Waals surface area contributed by atoms with Crippen molar-refractivity contribution in [3.05, 3.63) is 77.6 Å². The van der Waals surface area contributed by atoms with Gasteiger partial charge in [-0.3, -0.25) is 9.67 Å². The van der Waals surface area contributed by atoms with Crippen LogP contribution in [0.15, 0.2) is 49.1 Å². The summed E-state index contributed by atoms with van der Waals surface area (Å²) in [7, 11) is 0. The van der Waals surface area contributed by atoms with Crippen LogP contribution in [0.25, 0.3) is 22.5 Å². The van der Waals surface area contributed by atoms with E-state index in [4.69, 9.17) is 14.5 Å². The molecule has 9 rings (SSSR count).